The number of carbonyl (C=O) groups is 1. The third-order valence-corrected chi connectivity index (χ3v) is 4.23. The Hall–Kier alpha value is -3.60. The SMILES string of the molecule is CC(=O)Nc1ccccc1-c1ccc2c(=O)c3cccc(O)c3oc2c1. The summed E-state index contributed by atoms with van der Waals surface area (Å²) in [7, 11) is 0. The van der Waals surface area contributed by atoms with Crippen molar-refractivity contribution in [3.05, 3.63) is 70.9 Å². The number of hydrogen-bond acceptors (Lipinski definition) is 4. The standard InChI is InChI=1S/C21H15NO4/c1-12(23)22-17-7-3-2-5-14(17)13-9-10-15-19(11-13)26-21-16(20(15)25)6-4-8-18(21)24/h2-11,24H,1H3,(H,22,23). The molecule has 0 saturated heterocycles. The molecule has 4 aromatic rings. The molecule has 0 fully saturated rings. The highest BCUT2D eigenvalue weighted by atomic mass is 16.4. The first kappa shape index (κ1) is 15.9. The number of hydrogen-bond donors (Lipinski definition) is 2. The van der Waals surface area contributed by atoms with Gasteiger partial charge in [-0.05, 0) is 35.9 Å². The molecule has 5 heteroatoms. The van der Waals surface area contributed by atoms with Crippen molar-refractivity contribution in [3.63, 3.8) is 0 Å². The molecule has 5 nitrogen and oxygen atoms in total. The van der Waals surface area contributed by atoms with E-state index in [-0.39, 0.29) is 22.7 Å². The molecule has 0 spiro atoms. The Kier molecular flexibility index (Phi) is 3.69. The summed E-state index contributed by atoms with van der Waals surface area (Å²) >= 11 is 0. The Morgan fingerprint density at radius 1 is 1.00 bits per heavy atom. The second kappa shape index (κ2) is 6.04. The van der Waals surface area contributed by atoms with Gasteiger partial charge in [0.2, 0.25) is 11.3 Å². The molecule has 1 amide bonds. The van der Waals surface area contributed by atoms with Gasteiger partial charge in [-0.25, -0.2) is 0 Å². The van der Waals surface area contributed by atoms with Crippen molar-refractivity contribution >= 4 is 33.5 Å². The molecule has 2 N–H and O–H groups in total. The first-order chi connectivity index (χ1) is 12.5. The highest BCUT2D eigenvalue weighted by Gasteiger charge is 2.13. The van der Waals surface area contributed by atoms with Gasteiger partial charge in [0.15, 0.2) is 11.3 Å². The van der Waals surface area contributed by atoms with E-state index in [9.17, 15) is 14.7 Å². The molecule has 0 radical (unpaired) electrons. The number of carbonyl (C=O) groups excluding carboxylic acids is 1. The topological polar surface area (TPSA) is 79.5 Å². The minimum absolute atomic E-state index is 0.0782. The van der Waals surface area contributed by atoms with E-state index >= 15 is 0 Å². The lowest BCUT2D eigenvalue weighted by molar-refractivity contribution is -0.114. The maximum Gasteiger partial charge on any atom is 0.221 e. The van der Waals surface area contributed by atoms with E-state index in [0.29, 0.717) is 22.0 Å². The van der Waals surface area contributed by atoms with Crippen LogP contribution in [0.25, 0.3) is 33.1 Å². The zero-order valence-corrected chi connectivity index (χ0v) is 13.9. The third kappa shape index (κ3) is 2.59. The summed E-state index contributed by atoms with van der Waals surface area (Å²) in [5, 5.41) is 13.6. The number of anilines is 1. The predicted octanol–water partition coefficient (Wildman–Crippen LogP) is 4.28. The number of fused-ring (bicyclic) bond motifs is 2. The van der Waals surface area contributed by atoms with Gasteiger partial charge in [0, 0.05) is 18.2 Å². The maximum atomic E-state index is 12.7. The summed E-state index contributed by atoms with van der Waals surface area (Å²) in [6, 6.07) is 17.4. The minimum atomic E-state index is -0.196. The largest absolute Gasteiger partial charge is 0.504 e. The van der Waals surface area contributed by atoms with E-state index < -0.39 is 0 Å². The Balaban J connectivity index is 1.97. The Bertz CT molecular complexity index is 1220. The molecule has 0 bridgehead atoms. The highest BCUT2D eigenvalue weighted by Crippen LogP contribution is 2.32. The van der Waals surface area contributed by atoms with Crippen molar-refractivity contribution in [1.29, 1.82) is 0 Å². The molecule has 0 saturated carbocycles. The van der Waals surface area contributed by atoms with Gasteiger partial charge in [-0.15, -0.1) is 0 Å². The average Bonchev–Trinajstić information content (AvgIpc) is 2.62. The van der Waals surface area contributed by atoms with E-state index in [1.54, 1.807) is 24.3 Å². The number of rotatable bonds is 2. The van der Waals surface area contributed by atoms with Crippen molar-refractivity contribution in [3.8, 4) is 16.9 Å². The molecule has 0 aliphatic carbocycles. The second-order valence-corrected chi connectivity index (χ2v) is 6.02. The fraction of sp³-hybridized carbons (Fsp3) is 0.0476. The van der Waals surface area contributed by atoms with Crippen LogP contribution in [0, 0.1) is 0 Å². The van der Waals surface area contributed by atoms with Crippen LogP contribution in [-0.2, 0) is 4.79 Å². The van der Waals surface area contributed by atoms with Gasteiger partial charge in [0.1, 0.15) is 5.58 Å². The molecule has 1 aromatic heterocycles. The Morgan fingerprint density at radius 3 is 2.62 bits per heavy atom. The van der Waals surface area contributed by atoms with Crippen molar-refractivity contribution in [2.75, 3.05) is 5.32 Å². The minimum Gasteiger partial charge on any atom is -0.504 e. The maximum absolute atomic E-state index is 12.7. The van der Waals surface area contributed by atoms with Crippen LogP contribution in [0.5, 0.6) is 5.75 Å². The van der Waals surface area contributed by atoms with Crippen LogP contribution in [-0.4, -0.2) is 11.0 Å². The van der Waals surface area contributed by atoms with Crippen LogP contribution in [0.4, 0.5) is 5.69 Å². The summed E-state index contributed by atoms with van der Waals surface area (Å²) in [6.07, 6.45) is 0. The van der Waals surface area contributed by atoms with Gasteiger partial charge >= 0.3 is 0 Å². The lowest BCUT2D eigenvalue weighted by Gasteiger charge is -2.11. The summed E-state index contributed by atoms with van der Waals surface area (Å²) in [6.45, 7) is 1.45. The smallest absolute Gasteiger partial charge is 0.221 e. The highest BCUT2D eigenvalue weighted by molar-refractivity contribution is 5.97. The summed E-state index contributed by atoms with van der Waals surface area (Å²) in [5.41, 5.74) is 2.62. The number of amides is 1. The van der Waals surface area contributed by atoms with Gasteiger partial charge in [-0.3, -0.25) is 9.59 Å². The molecule has 0 unspecified atom stereocenters. The van der Waals surface area contributed by atoms with Crippen LogP contribution >= 0.6 is 0 Å². The van der Waals surface area contributed by atoms with Crippen LogP contribution in [0.3, 0.4) is 0 Å². The molecule has 0 aliphatic heterocycles. The van der Waals surface area contributed by atoms with Gasteiger partial charge in [0.25, 0.3) is 0 Å². The van der Waals surface area contributed by atoms with Gasteiger partial charge in [-0.2, -0.15) is 0 Å². The molecular weight excluding hydrogens is 330 g/mol. The zero-order chi connectivity index (χ0) is 18.3. The molecule has 1 heterocycles. The normalized spacial score (nSPS) is 11.0. The number of aromatic hydroxyl groups is 1. The van der Waals surface area contributed by atoms with Crippen molar-refractivity contribution < 1.29 is 14.3 Å². The fourth-order valence-corrected chi connectivity index (χ4v) is 3.06. The summed E-state index contributed by atoms with van der Waals surface area (Å²) < 4.78 is 5.80. The lowest BCUT2D eigenvalue weighted by Crippen LogP contribution is -2.07. The molecule has 26 heavy (non-hydrogen) atoms. The first-order valence-corrected chi connectivity index (χ1v) is 8.10. The van der Waals surface area contributed by atoms with Crippen LogP contribution in [0.15, 0.2) is 69.9 Å². The molecular formula is C21H15NO4. The number of benzene rings is 3. The van der Waals surface area contributed by atoms with Crippen molar-refractivity contribution in [1.82, 2.24) is 0 Å². The van der Waals surface area contributed by atoms with E-state index in [1.807, 2.05) is 30.3 Å². The van der Waals surface area contributed by atoms with E-state index in [4.69, 9.17) is 4.42 Å². The number of para-hydroxylation sites is 2. The van der Waals surface area contributed by atoms with Crippen molar-refractivity contribution in [2.45, 2.75) is 6.92 Å². The number of phenolic OH excluding ortho intramolecular Hbond substituents is 1. The van der Waals surface area contributed by atoms with Crippen molar-refractivity contribution in [2.24, 2.45) is 0 Å². The van der Waals surface area contributed by atoms with Crippen LogP contribution in [0.2, 0.25) is 0 Å². The van der Waals surface area contributed by atoms with Gasteiger partial charge < -0.3 is 14.8 Å². The van der Waals surface area contributed by atoms with E-state index in [0.717, 1.165) is 11.1 Å². The Labute approximate surface area is 148 Å². The zero-order valence-electron chi connectivity index (χ0n) is 13.9. The number of nitrogens with one attached hydrogen (secondary N) is 1. The second-order valence-electron chi connectivity index (χ2n) is 6.02. The summed E-state index contributed by atoms with van der Waals surface area (Å²) in [4.78, 5) is 24.1. The molecule has 3 aromatic carbocycles. The fourth-order valence-electron chi connectivity index (χ4n) is 3.06. The molecule has 0 aliphatic rings. The molecule has 0 atom stereocenters. The Morgan fingerprint density at radius 2 is 1.81 bits per heavy atom. The lowest BCUT2D eigenvalue weighted by atomic mass is 10.0. The summed E-state index contributed by atoms with van der Waals surface area (Å²) in [5.74, 6) is -0.244. The van der Waals surface area contributed by atoms with Crippen LogP contribution in [0.1, 0.15) is 6.92 Å². The van der Waals surface area contributed by atoms with Gasteiger partial charge in [0.05, 0.1) is 10.8 Å². The van der Waals surface area contributed by atoms with E-state index in [1.165, 1.54) is 13.0 Å². The monoisotopic (exact) mass is 345 g/mol. The molecule has 4 rings (SSSR count). The number of phenols is 1. The van der Waals surface area contributed by atoms with Gasteiger partial charge in [-0.1, -0.05) is 30.3 Å². The first-order valence-electron chi connectivity index (χ1n) is 8.10. The van der Waals surface area contributed by atoms with E-state index in [2.05, 4.69) is 5.32 Å². The predicted molar refractivity (Wildman–Crippen MR) is 101 cm³/mol. The third-order valence-electron chi connectivity index (χ3n) is 4.23. The average molecular weight is 345 g/mol. The van der Waals surface area contributed by atoms with Crippen LogP contribution < -0.4 is 10.7 Å². The quantitative estimate of drug-likeness (QED) is 0.532. The molecule has 128 valence electrons.